The first kappa shape index (κ1) is 10.2. The largest absolute Gasteiger partial charge is 0.240 e. The first-order chi connectivity index (χ1) is 5.95. The lowest BCUT2D eigenvalue weighted by Gasteiger charge is -2.04. The summed E-state index contributed by atoms with van der Waals surface area (Å²) < 4.78 is 25.1. The van der Waals surface area contributed by atoms with E-state index in [1.165, 1.54) is 7.05 Å². The molecule has 0 bridgehead atoms. The second-order valence-corrected chi connectivity index (χ2v) is 4.92. The SMILES string of the molecule is CNS(=O)(=O)c1cc(C)cc(C)c1. The molecule has 0 saturated heterocycles. The van der Waals surface area contributed by atoms with Gasteiger partial charge in [0.2, 0.25) is 10.0 Å². The maximum absolute atomic E-state index is 11.4. The van der Waals surface area contributed by atoms with Crippen LogP contribution in [0.3, 0.4) is 0 Å². The lowest BCUT2D eigenvalue weighted by molar-refractivity contribution is 0.588. The lowest BCUT2D eigenvalue weighted by Crippen LogP contribution is -2.18. The smallest absolute Gasteiger partial charge is 0.214 e. The Balaban J connectivity index is 3.32. The molecule has 0 aliphatic rings. The molecule has 0 aromatic heterocycles. The first-order valence-corrected chi connectivity index (χ1v) is 5.46. The summed E-state index contributed by atoms with van der Waals surface area (Å²) >= 11 is 0. The van der Waals surface area contributed by atoms with E-state index < -0.39 is 10.0 Å². The number of sulfonamides is 1. The minimum absolute atomic E-state index is 0.326. The minimum atomic E-state index is -3.29. The summed E-state index contributed by atoms with van der Waals surface area (Å²) in [4.78, 5) is 0.326. The highest BCUT2D eigenvalue weighted by Gasteiger charge is 2.11. The van der Waals surface area contributed by atoms with Crippen LogP contribution in [0.15, 0.2) is 23.1 Å². The second kappa shape index (κ2) is 3.47. The van der Waals surface area contributed by atoms with Crippen molar-refractivity contribution in [1.29, 1.82) is 0 Å². The molecule has 0 fully saturated rings. The molecule has 0 saturated carbocycles. The van der Waals surface area contributed by atoms with Gasteiger partial charge in [-0.2, -0.15) is 0 Å². The Morgan fingerprint density at radius 3 is 1.92 bits per heavy atom. The van der Waals surface area contributed by atoms with Gasteiger partial charge in [0.1, 0.15) is 0 Å². The normalized spacial score (nSPS) is 11.6. The highest BCUT2D eigenvalue weighted by Crippen LogP contribution is 2.13. The van der Waals surface area contributed by atoms with E-state index >= 15 is 0 Å². The van der Waals surface area contributed by atoms with E-state index in [2.05, 4.69) is 4.72 Å². The third-order valence-electron chi connectivity index (χ3n) is 1.77. The van der Waals surface area contributed by atoms with E-state index in [4.69, 9.17) is 0 Å². The topological polar surface area (TPSA) is 46.2 Å². The number of hydrogen-bond acceptors (Lipinski definition) is 2. The number of benzene rings is 1. The molecule has 0 aliphatic carbocycles. The lowest BCUT2D eigenvalue weighted by atomic mass is 10.2. The zero-order valence-electron chi connectivity index (χ0n) is 7.96. The molecule has 0 heterocycles. The Bertz CT molecular complexity index is 389. The molecule has 72 valence electrons. The van der Waals surface area contributed by atoms with Gasteiger partial charge in [-0.05, 0) is 44.2 Å². The van der Waals surface area contributed by atoms with Gasteiger partial charge in [0, 0.05) is 0 Å². The third-order valence-corrected chi connectivity index (χ3v) is 3.17. The van der Waals surface area contributed by atoms with Crippen LogP contribution in [0.1, 0.15) is 11.1 Å². The van der Waals surface area contributed by atoms with Crippen LogP contribution in [-0.4, -0.2) is 15.5 Å². The van der Waals surface area contributed by atoms with E-state index in [1.807, 2.05) is 19.9 Å². The number of hydrogen-bond donors (Lipinski definition) is 1. The minimum Gasteiger partial charge on any atom is -0.214 e. The maximum atomic E-state index is 11.4. The number of aryl methyl sites for hydroxylation is 2. The van der Waals surface area contributed by atoms with Gasteiger partial charge in [-0.3, -0.25) is 0 Å². The average Bonchev–Trinajstić information content (AvgIpc) is 2.02. The molecule has 0 atom stereocenters. The molecular weight excluding hydrogens is 186 g/mol. The Labute approximate surface area is 78.8 Å². The molecule has 0 radical (unpaired) electrons. The molecule has 1 N–H and O–H groups in total. The molecule has 4 heteroatoms. The van der Waals surface area contributed by atoms with Gasteiger partial charge in [0.15, 0.2) is 0 Å². The van der Waals surface area contributed by atoms with Crippen molar-refractivity contribution in [2.24, 2.45) is 0 Å². The monoisotopic (exact) mass is 199 g/mol. The quantitative estimate of drug-likeness (QED) is 0.778. The fraction of sp³-hybridized carbons (Fsp3) is 0.333. The molecule has 0 aliphatic heterocycles. The second-order valence-electron chi connectivity index (χ2n) is 3.03. The van der Waals surface area contributed by atoms with E-state index in [-0.39, 0.29) is 0 Å². The Morgan fingerprint density at radius 2 is 1.54 bits per heavy atom. The van der Waals surface area contributed by atoms with Crippen LogP contribution in [-0.2, 0) is 10.0 Å². The van der Waals surface area contributed by atoms with Crippen molar-refractivity contribution in [2.45, 2.75) is 18.7 Å². The van der Waals surface area contributed by atoms with Crippen LogP contribution < -0.4 is 4.72 Å². The Kier molecular flexibility index (Phi) is 2.73. The standard InChI is InChI=1S/C9H13NO2S/c1-7-4-8(2)6-9(5-7)13(11,12)10-3/h4-6,10H,1-3H3. The van der Waals surface area contributed by atoms with Crippen LogP contribution >= 0.6 is 0 Å². The van der Waals surface area contributed by atoms with E-state index in [1.54, 1.807) is 12.1 Å². The summed E-state index contributed by atoms with van der Waals surface area (Å²) in [7, 11) is -1.88. The van der Waals surface area contributed by atoms with Gasteiger partial charge >= 0.3 is 0 Å². The van der Waals surface area contributed by atoms with E-state index in [0.717, 1.165) is 11.1 Å². The molecule has 0 amide bonds. The Morgan fingerprint density at radius 1 is 1.08 bits per heavy atom. The third kappa shape index (κ3) is 2.29. The summed E-state index contributed by atoms with van der Waals surface area (Å²) in [5.74, 6) is 0. The predicted octanol–water partition coefficient (Wildman–Crippen LogP) is 1.21. The fourth-order valence-electron chi connectivity index (χ4n) is 1.21. The molecule has 13 heavy (non-hydrogen) atoms. The summed E-state index contributed by atoms with van der Waals surface area (Å²) in [6.45, 7) is 3.75. The zero-order valence-corrected chi connectivity index (χ0v) is 8.77. The van der Waals surface area contributed by atoms with Crippen LogP contribution in [0, 0.1) is 13.8 Å². The van der Waals surface area contributed by atoms with Gasteiger partial charge in [-0.25, -0.2) is 13.1 Å². The highest BCUT2D eigenvalue weighted by molar-refractivity contribution is 7.89. The van der Waals surface area contributed by atoms with Gasteiger partial charge < -0.3 is 0 Å². The predicted molar refractivity (Wildman–Crippen MR) is 52.2 cm³/mol. The molecule has 1 aromatic carbocycles. The average molecular weight is 199 g/mol. The molecular formula is C9H13NO2S. The van der Waals surface area contributed by atoms with Crippen LogP contribution in [0.5, 0.6) is 0 Å². The summed E-state index contributed by atoms with van der Waals surface area (Å²) in [6, 6.07) is 5.24. The van der Waals surface area contributed by atoms with Crippen molar-refractivity contribution in [1.82, 2.24) is 4.72 Å². The fourth-order valence-corrected chi connectivity index (χ4v) is 2.12. The van der Waals surface area contributed by atoms with Crippen LogP contribution in [0.4, 0.5) is 0 Å². The van der Waals surface area contributed by atoms with Crippen molar-refractivity contribution in [3.8, 4) is 0 Å². The van der Waals surface area contributed by atoms with Crippen LogP contribution in [0.2, 0.25) is 0 Å². The van der Waals surface area contributed by atoms with Crippen molar-refractivity contribution >= 4 is 10.0 Å². The molecule has 1 aromatic rings. The molecule has 1 rings (SSSR count). The summed E-state index contributed by atoms with van der Waals surface area (Å²) in [5, 5.41) is 0. The summed E-state index contributed by atoms with van der Waals surface area (Å²) in [6.07, 6.45) is 0. The van der Waals surface area contributed by atoms with Crippen molar-refractivity contribution < 1.29 is 8.42 Å². The van der Waals surface area contributed by atoms with Gasteiger partial charge in [0.05, 0.1) is 4.90 Å². The van der Waals surface area contributed by atoms with Crippen LogP contribution in [0.25, 0.3) is 0 Å². The van der Waals surface area contributed by atoms with Gasteiger partial charge in [-0.15, -0.1) is 0 Å². The maximum Gasteiger partial charge on any atom is 0.240 e. The van der Waals surface area contributed by atoms with Crippen molar-refractivity contribution in [3.05, 3.63) is 29.3 Å². The summed E-state index contributed by atoms with van der Waals surface area (Å²) in [5.41, 5.74) is 1.91. The molecule has 3 nitrogen and oxygen atoms in total. The molecule has 0 unspecified atom stereocenters. The van der Waals surface area contributed by atoms with E-state index in [9.17, 15) is 8.42 Å². The number of nitrogens with one attached hydrogen (secondary N) is 1. The van der Waals surface area contributed by atoms with E-state index in [0.29, 0.717) is 4.90 Å². The molecule has 0 spiro atoms. The number of rotatable bonds is 2. The Hall–Kier alpha value is -0.870. The zero-order chi connectivity index (χ0) is 10.1. The van der Waals surface area contributed by atoms with Crippen molar-refractivity contribution in [3.63, 3.8) is 0 Å². The van der Waals surface area contributed by atoms with Gasteiger partial charge in [0.25, 0.3) is 0 Å². The van der Waals surface area contributed by atoms with Gasteiger partial charge in [-0.1, -0.05) is 6.07 Å². The highest BCUT2D eigenvalue weighted by atomic mass is 32.2. The van der Waals surface area contributed by atoms with Crippen molar-refractivity contribution in [2.75, 3.05) is 7.05 Å². The first-order valence-electron chi connectivity index (χ1n) is 3.97.